The molecule has 0 bridgehead atoms. The van der Waals surface area contributed by atoms with Crippen molar-refractivity contribution in [2.45, 2.75) is 6.92 Å². The second-order valence-electron chi connectivity index (χ2n) is 2.32. The Morgan fingerprint density at radius 3 is 3.00 bits per heavy atom. The van der Waals surface area contributed by atoms with Crippen molar-refractivity contribution in [3.63, 3.8) is 0 Å². The van der Waals surface area contributed by atoms with Crippen molar-refractivity contribution < 1.29 is 4.79 Å². The second kappa shape index (κ2) is 2.43. The standard InChI is InChI=1S/C8H6OS2/c1-5(9)6-4-11-7-2-3-10-8(6)7/h2-4H,1H3. The SMILES string of the molecule is CC(=O)c1csc2ccsc12. The molecule has 0 atom stereocenters. The summed E-state index contributed by atoms with van der Waals surface area (Å²) in [5.41, 5.74) is 0.875. The van der Waals surface area contributed by atoms with Gasteiger partial charge in [0.15, 0.2) is 5.78 Å². The maximum Gasteiger partial charge on any atom is 0.162 e. The summed E-state index contributed by atoms with van der Waals surface area (Å²) < 4.78 is 2.36. The van der Waals surface area contributed by atoms with E-state index in [-0.39, 0.29) is 5.78 Å². The van der Waals surface area contributed by atoms with Crippen LogP contribution in [0.25, 0.3) is 9.40 Å². The first-order valence-electron chi connectivity index (χ1n) is 3.24. The van der Waals surface area contributed by atoms with Gasteiger partial charge in [0.1, 0.15) is 0 Å². The molecule has 3 heteroatoms. The Morgan fingerprint density at radius 2 is 2.27 bits per heavy atom. The van der Waals surface area contributed by atoms with Crippen molar-refractivity contribution in [1.29, 1.82) is 0 Å². The molecular weight excluding hydrogens is 176 g/mol. The lowest BCUT2D eigenvalue weighted by atomic mass is 10.2. The van der Waals surface area contributed by atoms with E-state index in [0.29, 0.717) is 0 Å². The first kappa shape index (κ1) is 7.00. The average Bonchev–Trinajstić information content (AvgIpc) is 2.41. The van der Waals surface area contributed by atoms with Crippen LogP contribution in [-0.4, -0.2) is 5.78 Å². The lowest BCUT2D eigenvalue weighted by Crippen LogP contribution is -1.86. The molecule has 0 aliphatic heterocycles. The van der Waals surface area contributed by atoms with E-state index in [2.05, 4.69) is 6.07 Å². The van der Waals surface area contributed by atoms with Crippen LogP contribution < -0.4 is 0 Å². The number of carbonyl (C=O) groups excluding carboxylic acids is 1. The number of hydrogen-bond acceptors (Lipinski definition) is 3. The summed E-state index contributed by atoms with van der Waals surface area (Å²) in [5, 5.41) is 3.96. The van der Waals surface area contributed by atoms with Gasteiger partial charge in [-0.25, -0.2) is 0 Å². The smallest absolute Gasteiger partial charge is 0.162 e. The second-order valence-corrected chi connectivity index (χ2v) is 4.15. The minimum atomic E-state index is 0.165. The molecule has 0 saturated heterocycles. The highest BCUT2D eigenvalue weighted by atomic mass is 32.1. The normalized spacial score (nSPS) is 10.6. The number of fused-ring (bicyclic) bond motifs is 1. The molecule has 0 saturated carbocycles. The van der Waals surface area contributed by atoms with E-state index >= 15 is 0 Å². The monoisotopic (exact) mass is 182 g/mol. The topological polar surface area (TPSA) is 17.1 Å². The summed E-state index contributed by atoms with van der Waals surface area (Å²) in [6.07, 6.45) is 0. The molecule has 0 radical (unpaired) electrons. The Balaban J connectivity index is 2.78. The molecule has 0 aliphatic rings. The Bertz CT molecular complexity index is 397. The van der Waals surface area contributed by atoms with Gasteiger partial charge in [0.2, 0.25) is 0 Å². The summed E-state index contributed by atoms with van der Waals surface area (Å²) in [6.45, 7) is 1.61. The first-order valence-corrected chi connectivity index (χ1v) is 5.00. The zero-order chi connectivity index (χ0) is 7.84. The summed E-state index contributed by atoms with van der Waals surface area (Å²) in [6, 6.07) is 2.05. The van der Waals surface area contributed by atoms with Gasteiger partial charge in [0, 0.05) is 15.6 Å². The summed E-state index contributed by atoms with van der Waals surface area (Å²) in [5.74, 6) is 0.165. The van der Waals surface area contributed by atoms with Crippen LogP contribution in [0.5, 0.6) is 0 Å². The Hall–Kier alpha value is -0.670. The maximum absolute atomic E-state index is 11.0. The van der Waals surface area contributed by atoms with Gasteiger partial charge in [0.05, 0.1) is 4.70 Å². The van der Waals surface area contributed by atoms with E-state index in [0.717, 1.165) is 10.3 Å². The quantitative estimate of drug-likeness (QED) is 0.619. The summed E-state index contributed by atoms with van der Waals surface area (Å²) in [7, 11) is 0. The van der Waals surface area contributed by atoms with Gasteiger partial charge in [-0.2, -0.15) is 0 Å². The average molecular weight is 182 g/mol. The van der Waals surface area contributed by atoms with Crippen LogP contribution >= 0.6 is 22.7 Å². The van der Waals surface area contributed by atoms with E-state index in [1.54, 1.807) is 29.6 Å². The van der Waals surface area contributed by atoms with Crippen LogP contribution in [0.15, 0.2) is 16.8 Å². The fourth-order valence-corrected chi connectivity index (χ4v) is 3.20. The van der Waals surface area contributed by atoms with Crippen molar-refractivity contribution in [2.75, 3.05) is 0 Å². The third-order valence-corrected chi connectivity index (χ3v) is 3.58. The van der Waals surface area contributed by atoms with E-state index in [4.69, 9.17) is 0 Å². The van der Waals surface area contributed by atoms with Gasteiger partial charge in [0.25, 0.3) is 0 Å². The lowest BCUT2D eigenvalue weighted by Gasteiger charge is -1.84. The lowest BCUT2D eigenvalue weighted by molar-refractivity contribution is 0.102. The fraction of sp³-hybridized carbons (Fsp3) is 0.125. The van der Waals surface area contributed by atoms with Gasteiger partial charge < -0.3 is 0 Å². The Kier molecular flexibility index (Phi) is 1.55. The van der Waals surface area contributed by atoms with Crippen molar-refractivity contribution in [1.82, 2.24) is 0 Å². The van der Waals surface area contributed by atoms with Crippen LogP contribution in [0, 0.1) is 0 Å². The molecule has 2 heterocycles. The molecule has 2 aromatic rings. The van der Waals surface area contributed by atoms with Crippen molar-refractivity contribution in [2.24, 2.45) is 0 Å². The van der Waals surface area contributed by atoms with Crippen molar-refractivity contribution in [3.05, 3.63) is 22.4 Å². The number of ketones is 1. The third kappa shape index (κ3) is 1.01. The number of Topliss-reactive ketones (excluding diaryl/α,β-unsaturated/α-hetero) is 1. The summed E-state index contributed by atoms with van der Waals surface area (Å²) in [4.78, 5) is 11.0. The van der Waals surface area contributed by atoms with E-state index in [1.165, 1.54) is 4.70 Å². The third-order valence-electron chi connectivity index (χ3n) is 1.56. The van der Waals surface area contributed by atoms with E-state index in [1.807, 2.05) is 10.8 Å². The number of hydrogen-bond donors (Lipinski definition) is 0. The van der Waals surface area contributed by atoms with Gasteiger partial charge >= 0.3 is 0 Å². The van der Waals surface area contributed by atoms with E-state index < -0.39 is 0 Å². The van der Waals surface area contributed by atoms with Gasteiger partial charge in [-0.05, 0) is 18.4 Å². The highest BCUT2D eigenvalue weighted by Gasteiger charge is 2.07. The molecule has 2 rings (SSSR count). The van der Waals surface area contributed by atoms with Crippen LogP contribution in [0.1, 0.15) is 17.3 Å². The first-order chi connectivity index (χ1) is 5.29. The van der Waals surface area contributed by atoms with Crippen molar-refractivity contribution >= 4 is 37.9 Å². The fourth-order valence-electron chi connectivity index (χ4n) is 1.01. The molecule has 11 heavy (non-hydrogen) atoms. The van der Waals surface area contributed by atoms with Crippen LogP contribution in [0.4, 0.5) is 0 Å². The van der Waals surface area contributed by atoms with Gasteiger partial charge in [-0.3, -0.25) is 4.79 Å². The predicted molar refractivity (Wildman–Crippen MR) is 49.7 cm³/mol. The highest BCUT2D eigenvalue weighted by molar-refractivity contribution is 7.26. The molecule has 1 nitrogen and oxygen atoms in total. The predicted octanol–water partition coefficient (Wildman–Crippen LogP) is 3.17. The number of thiophene rings is 2. The molecule has 2 aromatic heterocycles. The molecule has 0 aromatic carbocycles. The Labute approximate surface area is 72.3 Å². The van der Waals surface area contributed by atoms with Crippen molar-refractivity contribution in [3.8, 4) is 0 Å². The molecule has 0 fully saturated rings. The molecule has 0 aliphatic carbocycles. The summed E-state index contributed by atoms with van der Waals surface area (Å²) >= 11 is 3.28. The van der Waals surface area contributed by atoms with Gasteiger partial charge in [-0.1, -0.05) is 0 Å². The minimum absolute atomic E-state index is 0.165. The zero-order valence-electron chi connectivity index (χ0n) is 5.96. The number of rotatable bonds is 1. The zero-order valence-corrected chi connectivity index (χ0v) is 7.59. The molecule has 56 valence electrons. The van der Waals surface area contributed by atoms with Crippen LogP contribution in [0.3, 0.4) is 0 Å². The van der Waals surface area contributed by atoms with Crippen LogP contribution in [-0.2, 0) is 0 Å². The number of carbonyl (C=O) groups is 1. The van der Waals surface area contributed by atoms with Gasteiger partial charge in [-0.15, -0.1) is 22.7 Å². The molecule has 0 spiro atoms. The molecule has 0 N–H and O–H groups in total. The highest BCUT2D eigenvalue weighted by Crippen LogP contribution is 2.30. The maximum atomic E-state index is 11.0. The van der Waals surface area contributed by atoms with Crippen LogP contribution in [0.2, 0.25) is 0 Å². The van der Waals surface area contributed by atoms with E-state index in [9.17, 15) is 4.79 Å². The largest absolute Gasteiger partial charge is 0.294 e. The molecule has 0 amide bonds. The minimum Gasteiger partial charge on any atom is -0.294 e. The molecular formula is C8H6OS2. The Morgan fingerprint density at radius 1 is 1.45 bits per heavy atom. The molecule has 0 unspecified atom stereocenters.